The van der Waals surface area contributed by atoms with Crippen molar-refractivity contribution < 1.29 is 4.79 Å². The summed E-state index contributed by atoms with van der Waals surface area (Å²) >= 11 is 1.75. The topological polar surface area (TPSA) is 26.8 Å². The molecule has 134 valence electrons. The van der Waals surface area contributed by atoms with Gasteiger partial charge in [-0.3, -0.25) is 4.79 Å². The number of amides is 1. The number of hydrogen-bond acceptors (Lipinski definition) is 4. The van der Waals surface area contributed by atoms with Gasteiger partial charge in [-0.25, -0.2) is 0 Å². The number of nitrogens with zero attached hydrogens (tertiary/aromatic N) is 3. The number of carbonyl (C=O) groups is 1. The van der Waals surface area contributed by atoms with Crippen LogP contribution in [0.15, 0.2) is 24.3 Å². The summed E-state index contributed by atoms with van der Waals surface area (Å²) in [6, 6.07) is 8.76. The molecule has 1 atom stereocenters. The predicted octanol–water partition coefficient (Wildman–Crippen LogP) is 3.45. The third-order valence-corrected chi connectivity index (χ3v) is 6.08. The normalized spacial score (nSPS) is 17.8. The van der Waals surface area contributed by atoms with Gasteiger partial charge in [0.25, 0.3) is 0 Å². The van der Waals surface area contributed by atoms with E-state index in [-0.39, 0.29) is 11.3 Å². The van der Waals surface area contributed by atoms with Gasteiger partial charge in [-0.2, -0.15) is 0 Å². The van der Waals surface area contributed by atoms with Gasteiger partial charge < -0.3 is 14.7 Å². The van der Waals surface area contributed by atoms with Crippen molar-refractivity contribution in [2.45, 2.75) is 33.1 Å². The summed E-state index contributed by atoms with van der Waals surface area (Å²) in [5.41, 5.74) is 2.49. The average Bonchev–Trinajstić information content (AvgIpc) is 2.98. The minimum Gasteiger partial charge on any atom is -0.372 e. The van der Waals surface area contributed by atoms with Crippen LogP contribution in [0.2, 0.25) is 0 Å². The van der Waals surface area contributed by atoms with Crippen LogP contribution in [-0.2, 0) is 4.79 Å². The molecule has 0 bridgehead atoms. The third-order valence-electron chi connectivity index (χ3n) is 4.83. The number of carbonyl (C=O) groups excluding carboxylic acids is 1. The molecular weight excluding hydrogens is 318 g/mol. The second kappa shape index (κ2) is 9.33. The first-order valence-corrected chi connectivity index (χ1v) is 10.2. The minimum absolute atomic E-state index is 0.166. The van der Waals surface area contributed by atoms with Crippen LogP contribution >= 0.6 is 11.8 Å². The monoisotopic (exact) mass is 349 g/mol. The van der Waals surface area contributed by atoms with Crippen molar-refractivity contribution in [3.63, 3.8) is 0 Å². The lowest BCUT2D eigenvalue weighted by molar-refractivity contribution is -0.128. The summed E-state index contributed by atoms with van der Waals surface area (Å²) in [7, 11) is 0. The van der Waals surface area contributed by atoms with Gasteiger partial charge in [-0.15, -0.1) is 11.8 Å². The second-order valence-electron chi connectivity index (χ2n) is 6.04. The standard InChI is InChI=1S/C19H31N3OS/c1-5-20(6-2)13-14-22-18(23)15-24-19(22)16-9-11-17(12-10-16)21(7-3)8-4/h9-12,19H,5-8,13-15H2,1-4H3. The van der Waals surface area contributed by atoms with Crippen LogP contribution in [-0.4, -0.2) is 60.7 Å². The van der Waals surface area contributed by atoms with E-state index in [4.69, 9.17) is 0 Å². The van der Waals surface area contributed by atoms with E-state index in [0.717, 1.165) is 39.3 Å². The van der Waals surface area contributed by atoms with Gasteiger partial charge in [-0.1, -0.05) is 26.0 Å². The molecule has 24 heavy (non-hydrogen) atoms. The molecular formula is C19H31N3OS. The van der Waals surface area contributed by atoms with Gasteiger partial charge in [0, 0.05) is 31.9 Å². The molecule has 1 amide bonds. The fraction of sp³-hybridized carbons (Fsp3) is 0.632. The molecule has 0 radical (unpaired) electrons. The molecule has 1 heterocycles. The number of hydrogen-bond donors (Lipinski definition) is 0. The van der Waals surface area contributed by atoms with E-state index >= 15 is 0 Å². The van der Waals surface area contributed by atoms with Crippen LogP contribution in [0.3, 0.4) is 0 Å². The maximum Gasteiger partial charge on any atom is 0.233 e. The molecule has 0 N–H and O–H groups in total. The Kier molecular flexibility index (Phi) is 7.43. The summed E-state index contributed by atoms with van der Waals surface area (Å²) < 4.78 is 0. The summed E-state index contributed by atoms with van der Waals surface area (Å²) in [5, 5.41) is 0.166. The van der Waals surface area contributed by atoms with E-state index in [1.807, 2.05) is 0 Å². The molecule has 1 aromatic rings. The molecule has 1 aliphatic heterocycles. The van der Waals surface area contributed by atoms with Crippen LogP contribution in [0, 0.1) is 0 Å². The molecule has 1 saturated heterocycles. The molecule has 1 aliphatic rings. The van der Waals surface area contributed by atoms with Gasteiger partial charge in [0.1, 0.15) is 5.37 Å². The van der Waals surface area contributed by atoms with Crippen LogP contribution in [0.5, 0.6) is 0 Å². The fourth-order valence-corrected chi connectivity index (χ4v) is 4.42. The number of benzene rings is 1. The van der Waals surface area contributed by atoms with Crippen molar-refractivity contribution in [2.24, 2.45) is 0 Å². The smallest absolute Gasteiger partial charge is 0.233 e. The van der Waals surface area contributed by atoms with Crippen molar-refractivity contribution in [3.05, 3.63) is 29.8 Å². The van der Waals surface area contributed by atoms with Gasteiger partial charge in [0.2, 0.25) is 5.91 Å². The van der Waals surface area contributed by atoms with Gasteiger partial charge in [0.15, 0.2) is 0 Å². The maximum atomic E-state index is 12.3. The number of rotatable bonds is 9. The van der Waals surface area contributed by atoms with Gasteiger partial charge >= 0.3 is 0 Å². The van der Waals surface area contributed by atoms with E-state index in [1.54, 1.807) is 11.8 Å². The lowest BCUT2D eigenvalue weighted by Gasteiger charge is -2.28. The van der Waals surface area contributed by atoms with Crippen molar-refractivity contribution in [3.8, 4) is 0 Å². The summed E-state index contributed by atoms with van der Waals surface area (Å²) in [4.78, 5) is 19.1. The van der Waals surface area contributed by atoms with E-state index in [1.165, 1.54) is 11.3 Å². The molecule has 0 saturated carbocycles. The highest BCUT2D eigenvalue weighted by atomic mass is 32.2. The van der Waals surface area contributed by atoms with Gasteiger partial charge in [-0.05, 0) is 44.6 Å². The number of thioether (sulfide) groups is 1. The second-order valence-corrected chi connectivity index (χ2v) is 7.11. The number of anilines is 1. The average molecular weight is 350 g/mol. The first kappa shape index (κ1) is 19.1. The molecule has 1 unspecified atom stereocenters. The molecule has 2 rings (SSSR count). The summed E-state index contributed by atoms with van der Waals surface area (Å²) in [6.07, 6.45) is 0. The Labute approximate surface area is 151 Å². The van der Waals surface area contributed by atoms with E-state index in [9.17, 15) is 4.79 Å². The van der Waals surface area contributed by atoms with Crippen LogP contribution in [0.1, 0.15) is 38.6 Å². The van der Waals surface area contributed by atoms with Gasteiger partial charge in [0.05, 0.1) is 5.75 Å². The zero-order valence-electron chi connectivity index (χ0n) is 15.5. The molecule has 0 spiro atoms. The fourth-order valence-electron chi connectivity index (χ4n) is 3.20. The largest absolute Gasteiger partial charge is 0.372 e. The Morgan fingerprint density at radius 1 is 1.04 bits per heavy atom. The van der Waals surface area contributed by atoms with Crippen LogP contribution in [0.4, 0.5) is 5.69 Å². The Morgan fingerprint density at radius 2 is 1.67 bits per heavy atom. The lowest BCUT2D eigenvalue weighted by Crippen LogP contribution is -2.37. The van der Waals surface area contributed by atoms with E-state index < -0.39 is 0 Å². The first-order valence-electron chi connectivity index (χ1n) is 9.12. The zero-order chi connectivity index (χ0) is 17.5. The SMILES string of the molecule is CCN(CC)CCN1C(=O)CSC1c1ccc(N(CC)CC)cc1. The zero-order valence-corrected chi connectivity index (χ0v) is 16.3. The molecule has 1 fully saturated rings. The Bertz CT molecular complexity index is 512. The molecule has 0 aromatic heterocycles. The van der Waals surface area contributed by atoms with Crippen LogP contribution in [0.25, 0.3) is 0 Å². The highest BCUT2D eigenvalue weighted by molar-refractivity contribution is 8.00. The molecule has 1 aromatic carbocycles. The van der Waals surface area contributed by atoms with Crippen molar-refractivity contribution in [1.29, 1.82) is 0 Å². The quantitative estimate of drug-likeness (QED) is 0.682. The Hall–Kier alpha value is -1.20. The molecule has 5 heteroatoms. The van der Waals surface area contributed by atoms with Crippen molar-refractivity contribution >= 4 is 23.4 Å². The predicted molar refractivity (Wildman–Crippen MR) is 105 cm³/mol. The highest BCUT2D eigenvalue weighted by Crippen LogP contribution is 2.38. The molecule has 0 aliphatic carbocycles. The third kappa shape index (κ3) is 4.45. The summed E-state index contributed by atoms with van der Waals surface area (Å²) in [6.45, 7) is 14.6. The Morgan fingerprint density at radius 3 is 2.21 bits per heavy atom. The first-order chi connectivity index (χ1) is 11.6. The summed E-state index contributed by atoms with van der Waals surface area (Å²) in [5.74, 6) is 0.866. The maximum absolute atomic E-state index is 12.3. The van der Waals surface area contributed by atoms with Crippen molar-refractivity contribution in [1.82, 2.24) is 9.80 Å². The Balaban J connectivity index is 2.07. The minimum atomic E-state index is 0.166. The molecule has 4 nitrogen and oxygen atoms in total. The van der Waals surface area contributed by atoms with Crippen LogP contribution < -0.4 is 4.90 Å². The number of likely N-dealkylation sites (N-methyl/N-ethyl adjacent to an activating group) is 1. The van der Waals surface area contributed by atoms with E-state index in [2.05, 4.69) is 66.7 Å². The highest BCUT2D eigenvalue weighted by Gasteiger charge is 2.32. The van der Waals surface area contributed by atoms with Crippen molar-refractivity contribution in [2.75, 3.05) is 49.9 Å². The van der Waals surface area contributed by atoms with E-state index in [0.29, 0.717) is 5.75 Å². The lowest BCUT2D eigenvalue weighted by atomic mass is 10.1.